The highest BCUT2D eigenvalue weighted by Gasteiger charge is 2.27. The van der Waals surface area contributed by atoms with Gasteiger partial charge in [0.1, 0.15) is 0 Å². The normalized spacial score (nSPS) is 17.5. The van der Waals surface area contributed by atoms with Crippen LogP contribution in [0.5, 0.6) is 0 Å². The highest BCUT2D eigenvalue weighted by Crippen LogP contribution is 2.17. The molecule has 1 saturated heterocycles. The van der Waals surface area contributed by atoms with Crippen molar-refractivity contribution in [3.05, 3.63) is 35.4 Å². The Morgan fingerprint density at radius 1 is 1.35 bits per heavy atom. The van der Waals surface area contributed by atoms with Crippen molar-refractivity contribution in [2.45, 2.75) is 32.9 Å². The molecule has 23 heavy (non-hydrogen) atoms. The molecule has 0 aliphatic carbocycles. The fourth-order valence-electron chi connectivity index (χ4n) is 2.51. The van der Waals surface area contributed by atoms with Crippen molar-refractivity contribution >= 4 is 11.9 Å². The summed E-state index contributed by atoms with van der Waals surface area (Å²) in [6, 6.07) is 6.65. The zero-order valence-corrected chi connectivity index (χ0v) is 13.7. The maximum absolute atomic E-state index is 12.5. The van der Waals surface area contributed by atoms with Gasteiger partial charge < -0.3 is 20.7 Å². The molecule has 1 unspecified atom stereocenters. The molecule has 0 bridgehead atoms. The Labute approximate surface area is 137 Å². The van der Waals surface area contributed by atoms with Crippen LogP contribution in [0.25, 0.3) is 0 Å². The number of carbonyl (C=O) groups excluding carboxylic acids is 2. The van der Waals surface area contributed by atoms with Crippen molar-refractivity contribution < 1.29 is 14.3 Å². The molecule has 1 aliphatic heterocycles. The van der Waals surface area contributed by atoms with E-state index < -0.39 is 6.03 Å². The Bertz CT molecular complexity index is 543. The van der Waals surface area contributed by atoms with E-state index in [4.69, 9.17) is 10.5 Å². The summed E-state index contributed by atoms with van der Waals surface area (Å²) in [7, 11) is 0. The number of hydrogen-bond acceptors (Lipinski definition) is 3. The fraction of sp³-hybridized carbons (Fsp3) is 0.529. The van der Waals surface area contributed by atoms with Crippen molar-refractivity contribution in [3.63, 3.8) is 0 Å². The lowest BCUT2D eigenvalue weighted by Crippen LogP contribution is -2.30. The molecular formula is C17H25N3O3. The molecule has 2 rings (SSSR count). The van der Waals surface area contributed by atoms with Gasteiger partial charge in [0.15, 0.2) is 0 Å². The minimum Gasteiger partial charge on any atom is -0.376 e. The van der Waals surface area contributed by atoms with Gasteiger partial charge in [-0.1, -0.05) is 26.0 Å². The van der Waals surface area contributed by atoms with Crippen molar-refractivity contribution in [1.82, 2.24) is 10.2 Å². The molecule has 126 valence electrons. The lowest BCUT2D eigenvalue weighted by Gasteiger charge is -2.17. The van der Waals surface area contributed by atoms with Crippen LogP contribution in [0.3, 0.4) is 0 Å². The fourth-order valence-corrected chi connectivity index (χ4v) is 2.51. The number of urea groups is 1. The minimum absolute atomic E-state index is 0.0232. The SMILES string of the molecule is CC(C)COC1CCN(C(=O)c2ccc(CNC(N)=O)cc2)C1. The second-order valence-electron chi connectivity index (χ2n) is 6.30. The number of likely N-dealkylation sites (tertiary alicyclic amines) is 1. The van der Waals surface area contributed by atoms with Crippen LogP contribution in [-0.4, -0.2) is 42.6 Å². The van der Waals surface area contributed by atoms with Crippen LogP contribution in [0.15, 0.2) is 24.3 Å². The Kier molecular flexibility index (Phi) is 5.98. The summed E-state index contributed by atoms with van der Waals surface area (Å²) in [5, 5.41) is 2.52. The molecule has 3 N–H and O–H groups in total. The second kappa shape index (κ2) is 7.97. The monoisotopic (exact) mass is 319 g/mol. The topological polar surface area (TPSA) is 84.7 Å². The molecule has 3 amide bonds. The number of amides is 3. The molecule has 1 aliphatic rings. The molecule has 0 spiro atoms. The molecule has 1 aromatic carbocycles. The molecule has 1 aromatic rings. The third-order valence-corrected chi connectivity index (χ3v) is 3.77. The van der Waals surface area contributed by atoms with Crippen LogP contribution in [0.1, 0.15) is 36.2 Å². The summed E-state index contributed by atoms with van der Waals surface area (Å²) in [6.07, 6.45) is 1.03. The molecule has 6 heteroatoms. The van der Waals surface area contributed by atoms with E-state index in [1.54, 1.807) is 12.1 Å². The molecule has 0 saturated carbocycles. The van der Waals surface area contributed by atoms with Gasteiger partial charge in [-0.05, 0) is 30.0 Å². The van der Waals surface area contributed by atoms with Crippen LogP contribution >= 0.6 is 0 Å². The van der Waals surface area contributed by atoms with E-state index >= 15 is 0 Å². The van der Waals surface area contributed by atoms with Crippen molar-refractivity contribution in [1.29, 1.82) is 0 Å². The molecule has 0 radical (unpaired) electrons. The number of ether oxygens (including phenoxy) is 1. The predicted octanol–water partition coefficient (Wildman–Crippen LogP) is 1.74. The third-order valence-electron chi connectivity index (χ3n) is 3.77. The summed E-state index contributed by atoms with van der Waals surface area (Å²) in [5.74, 6) is 0.524. The maximum atomic E-state index is 12.5. The average molecular weight is 319 g/mol. The van der Waals surface area contributed by atoms with Gasteiger partial charge in [0.25, 0.3) is 5.91 Å². The second-order valence-corrected chi connectivity index (χ2v) is 6.30. The smallest absolute Gasteiger partial charge is 0.312 e. The summed E-state index contributed by atoms with van der Waals surface area (Å²) in [5.41, 5.74) is 6.59. The number of rotatable bonds is 6. The van der Waals surface area contributed by atoms with Crippen molar-refractivity contribution in [3.8, 4) is 0 Å². The van der Waals surface area contributed by atoms with Gasteiger partial charge >= 0.3 is 6.03 Å². The third kappa shape index (κ3) is 5.25. The maximum Gasteiger partial charge on any atom is 0.312 e. The van der Waals surface area contributed by atoms with E-state index in [2.05, 4.69) is 19.2 Å². The number of nitrogens with one attached hydrogen (secondary N) is 1. The van der Waals surface area contributed by atoms with Gasteiger partial charge in [0, 0.05) is 31.8 Å². The molecule has 1 fully saturated rings. The molecule has 1 heterocycles. The number of nitrogens with two attached hydrogens (primary N) is 1. The molecule has 0 aromatic heterocycles. The highest BCUT2D eigenvalue weighted by molar-refractivity contribution is 5.94. The Morgan fingerprint density at radius 2 is 2.04 bits per heavy atom. The lowest BCUT2D eigenvalue weighted by atomic mass is 10.1. The summed E-state index contributed by atoms with van der Waals surface area (Å²) < 4.78 is 5.81. The Morgan fingerprint density at radius 3 is 2.65 bits per heavy atom. The van der Waals surface area contributed by atoms with Crippen LogP contribution in [-0.2, 0) is 11.3 Å². The zero-order valence-electron chi connectivity index (χ0n) is 13.7. The first-order chi connectivity index (χ1) is 11.0. The summed E-state index contributed by atoms with van der Waals surface area (Å²) in [6.45, 7) is 6.70. The molecule has 6 nitrogen and oxygen atoms in total. The van der Waals surface area contributed by atoms with Gasteiger partial charge in [0.05, 0.1) is 6.10 Å². The van der Waals surface area contributed by atoms with Crippen LogP contribution in [0.2, 0.25) is 0 Å². The molecular weight excluding hydrogens is 294 g/mol. The van der Waals surface area contributed by atoms with Gasteiger partial charge in [-0.2, -0.15) is 0 Å². The van der Waals surface area contributed by atoms with Gasteiger partial charge in [-0.25, -0.2) is 4.79 Å². The summed E-state index contributed by atoms with van der Waals surface area (Å²) in [4.78, 5) is 25.0. The molecule has 1 atom stereocenters. The standard InChI is InChI=1S/C17H25N3O3/c1-12(2)11-23-15-7-8-20(10-15)16(21)14-5-3-13(4-6-14)9-19-17(18)22/h3-6,12,15H,7-11H2,1-2H3,(H3,18,19,22). The number of nitrogens with zero attached hydrogens (tertiary/aromatic N) is 1. The summed E-state index contributed by atoms with van der Waals surface area (Å²) >= 11 is 0. The highest BCUT2D eigenvalue weighted by atomic mass is 16.5. The van der Waals surface area contributed by atoms with Gasteiger partial charge in [-0.3, -0.25) is 4.79 Å². The van der Waals surface area contributed by atoms with E-state index in [0.29, 0.717) is 24.6 Å². The lowest BCUT2D eigenvalue weighted by molar-refractivity contribution is 0.0396. The first-order valence-corrected chi connectivity index (χ1v) is 7.99. The van der Waals surface area contributed by atoms with Gasteiger partial charge in [-0.15, -0.1) is 0 Å². The number of carbonyl (C=O) groups is 2. The van der Waals surface area contributed by atoms with E-state index in [1.807, 2.05) is 17.0 Å². The van der Waals surface area contributed by atoms with Gasteiger partial charge in [0.2, 0.25) is 0 Å². The quantitative estimate of drug-likeness (QED) is 0.837. The number of hydrogen-bond donors (Lipinski definition) is 2. The van der Waals surface area contributed by atoms with E-state index in [9.17, 15) is 9.59 Å². The Hall–Kier alpha value is -2.08. The van der Waals surface area contributed by atoms with Crippen molar-refractivity contribution in [2.75, 3.05) is 19.7 Å². The first-order valence-electron chi connectivity index (χ1n) is 7.99. The average Bonchev–Trinajstić information content (AvgIpc) is 2.99. The first kappa shape index (κ1) is 17.3. The number of benzene rings is 1. The zero-order chi connectivity index (χ0) is 16.8. The Balaban J connectivity index is 1.87. The number of primary amides is 1. The van der Waals surface area contributed by atoms with E-state index in [1.165, 1.54) is 0 Å². The van der Waals surface area contributed by atoms with Crippen LogP contribution < -0.4 is 11.1 Å². The van der Waals surface area contributed by atoms with E-state index in [0.717, 1.165) is 25.1 Å². The van der Waals surface area contributed by atoms with Crippen LogP contribution in [0, 0.1) is 5.92 Å². The minimum atomic E-state index is -0.561. The van der Waals surface area contributed by atoms with Crippen molar-refractivity contribution in [2.24, 2.45) is 11.7 Å². The van der Waals surface area contributed by atoms with Crippen LogP contribution in [0.4, 0.5) is 4.79 Å². The predicted molar refractivity (Wildman–Crippen MR) is 88.0 cm³/mol. The largest absolute Gasteiger partial charge is 0.376 e. The van der Waals surface area contributed by atoms with E-state index in [-0.39, 0.29) is 12.0 Å².